The lowest BCUT2D eigenvalue weighted by atomic mass is 10.3. The lowest BCUT2D eigenvalue weighted by Crippen LogP contribution is -2.25. The van der Waals surface area contributed by atoms with Gasteiger partial charge in [0.25, 0.3) is 5.91 Å². The van der Waals surface area contributed by atoms with Crippen molar-refractivity contribution in [2.45, 2.75) is 6.54 Å². The van der Waals surface area contributed by atoms with Crippen LogP contribution in [0.5, 0.6) is 0 Å². The molecule has 1 N–H and O–H groups in total. The van der Waals surface area contributed by atoms with Crippen LogP contribution in [-0.4, -0.2) is 10.5 Å². The first-order valence-electron chi connectivity index (χ1n) is 5.20. The molecule has 2 rings (SSSR count). The van der Waals surface area contributed by atoms with Crippen LogP contribution in [0.3, 0.4) is 0 Å². The molecule has 17 heavy (non-hydrogen) atoms. The average molecular weight is 234 g/mol. The van der Waals surface area contributed by atoms with Crippen LogP contribution in [-0.2, 0) is 18.4 Å². The normalized spacial score (nSPS) is 10.2. The minimum absolute atomic E-state index is 0.162. The Hall–Kier alpha value is -2.17. The number of aryl methyl sites for hydroxylation is 1. The highest BCUT2D eigenvalue weighted by molar-refractivity contribution is 5.90. The van der Waals surface area contributed by atoms with Gasteiger partial charge in [-0.1, -0.05) is 12.1 Å². The minimum atomic E-state index is -0.432. The van der Waals surface area contributed by atoms with E-state index in [1.54, 1.807) is 29.2 Å². The molecule has 1 amide bonds. The minimum Gasteiger partial charge on any atom is -0.320 e. The smallest absolute Gasteiger partial charge is 0.266 e. The second-order valence-corrected chi connectivity index (χ2v) is 3.78. The van der Waals surface area contributed by atoms with E-state index in [0.717, 1.165) is 0 Å². The number of carbonyl (C=O) groups excluding carboxylic acids is 1. The molecule has 0 radical (unpaired) electrons. The zero-order chi connectivity index (χ0) is 12.3. The van der Waals surface area contributed by atoms with E-state index in [1.165, 1.54) is 12.1 Å². The molecule has 0 aliphatic carbocycles. The molecule has 5 heteroatoms. The van der Waals surface area contributed by atoms with Gasteiger partial charge in [-0.05, 0) is 12.1 Å². The van der Waals surface area contributed by atoms with E-state index >= 15 is 0 Å². The summed E-state index contributed by atoms with van der Waals surface area (Å²) in [6, 6.07) is 6.10. The quantitative estimate of drug-likeness (QED) is 0.793. The van der Waals surface area contributed by atoms with Crippen molar-refractivity contribution in [1.29, 1.82) is 0 Å². The third-order valence-electron chi connectivity index (χ3n) is 2.30. The number of anilines is 1. The zero-order valence-corrected chi connectivity index (χ0v) is 9.43. The molecule has 0 bridgehead atoms. The molecule has 0 saturated heterocycles. The SMILES string of the molecule is C[n+]1ccn(CC(=O)Nc2ccccc2F)c1. The maximum Gasteiger partial charge on any atom is 0.266 e. The predicted octanol–water partition coefficient (Wildman–Crippen LogP) is 1.09. The van der Waals surface area contributed by atoms with Crippen molar-refractivity contribution >= 4 is 11.6 Å². The topological polar surface area (TPSA) is 37.9 Å². The molecular weight excluding hydrogens is 221 g/mol. The van der Waals surface area contributed by atoms with Crippen molar-refractivity contribution in [3.8, 4) is 0 Å². The van der Waals surface area contributed by atoms with E-state index in [2.05, 4.69) is 5.32 Å². The van der Waals surface area contributed by atoms with Crippen LogP contribution < -0.4 is 9.88 Å². The number of aromatic nitrogens is 2. The molecular formula is C12H13FN3O+. The standard InChI is InChI=1S/C12H12FN3O/c1-15-6-7-16(9-15)8-12(17)14-11-5-3-2-4-10(11)13/h2-7,9H,8H2,1H3/p+1. The number of hydrogen-bond acceptors (Lipinski definition) is 1. The molecule has 0 spiro atoms. The van der Waals surface area contributed by atoms with Crippen LogP contribution in [0.1, 0.15) is 0 Å². The summed E-state index contributed by atoms with van der Waals surface area (Å²) < 4.78 is 16.8. The van der Waals surface area contributed by atoms with E-state index in [-0.39, 0.29) is 18.1 Å². The maximum atomic E-state index is 13.3. The molecule has 88 valence electrons. The highest BCUT2D eigenvalue weighted by Crippen LogP contribution is 2.12. The second kappa shape index (κ2) is 4.78. The number of hydrogen-bond donors (Lipinski definition) is 1. The summed E-state index contributed by atoms with van der Waals surface area (Å²) in [5.74, 6) is -0.690. The van der Waals surface area contributed by atoms with E-state index in [1.807, 2.05) is 17.8 Å². The number of amides is 1. The van der Waals surface area contributed by atoms with Crippen LogP contribution in [0.2, 0.25) is 0 Å². The molecule has 1 aromatic carbocycles. The third kappa shape index (κ3) is 2.90. The predicted molar refractivity (Wildman–Crippen MR) is 60.6 cm³/mol. The van der Waals surface area contributed by atoms with Gasteiger partial charge in [-0.15, -0.1) is 0 Å². The molecule has 0 fully saturated rings. The first kappa shape index (κ1) is 11.3. The molecule has 0 aliphatic heterocycles. The molecule has 0 saturated carbocycles. The Balaban J connectivity index is 2.01. The second-order valence-electron chi connectivity index (χ2n) is 3.78. The molecule has 1 aromatic heterocycles. The number of halogens is 1. The van der Waals surface area contributed by atoms with Crippen molar-refractivity contribution in [2.24, 2.45) is 7.05 Å². The molecule has 0 atom stereocenters. The van der Waals surface area contributed by atoms with Gasteiger partial charge < -0.3 is 5.32 Å². The number of para-hydroxylation sites is 1. The third-order valence-corrected chi connectivity index (χ3v) is 2.30. The summed E-state index contributed by atoms with van der Waals surface area (Å²) in [7, 11) is 1.87. The number of rotatable bonds is 3. The molecule has 4 nitrogen and oxygen atoms in total. The maximum absolute atomic E-state index is 13.3. The Kier molecular flexibility index (Phi) is 3.18. The van der Waals surface area contributed by atoms with Gasteiger partial charge >= 0.3 is 0 Å². The summed E-state index contributed by atoms with van der Waals surface area (Å²) >= 11 is 0. The van der Waals surface area contributed by atoms with Crippen LogP contribution in [0.4, 0.5) is 10.1 Å². The Labute approximate surface area is 98.3 Å². The number of nitrogens with zero attached hydrogens (tertiary/aromatic N) is 2. The lowest BCUT2D eigenvalue weighted by Gasteiger charge is -2.04. The Bertz CT molecular complexity index is 536. The van der Waals surface area contributed by atoms with Crippen LogP contribution in [0, 0.1) is 5.82 Å². The van der Waals surface area contributed by atoms with Crippen LogP contribution in [0.15, 0.2) is 43.0 Å². The Morgan fingerprint density at radius 1 is 1.47 bits per heavy atom. The summed E-state index contributed by atoms with van der Waals surface area (Å²) in [6.45, 7) is 0.162. The Morgan fingerprint density at radius 2 is 2.24 bits per heavy atom. The van der Waals surface area contributed by atoms with Gasteiger partial charge in [-0.25, -0.2) is 13.5 Å². The summed E-state index contributed by atoms with van der Waals surface area (Å²) in [4.78, 5) is 11.6. The average Bonchev–Trinajstić information content (AvgIpc) is 2.67. The molecule has 0 aliphatic rings. The van der Waals surface area contributed by atoms with E-state index in [9.17, 15) is 9.18 Å². The monoisotopic (exact) mass is 234 g/mol. The molecule has 1 heterocycles. The number of nitrogens with one attached hydrogen (secondary N) is 1. The van der Waals surface area contributed by atoms with E-state index < -0.39 is 5.82 Å². The summed E-state index contributed by atoms with van der Waals surface area (Å²) in [5.41, 5.74) is 0.203. The zero-order valence-electron chi connectivity index (χ0n) is 9.43. The van der Waals surface area contributed by atoms with Gasteiger partial charge in [0.1, 0.15) is 18.2 Å². The van der Waals surface area contributed by atoms with Gasteiger partial charge in [-0.2, -0.15) is 0 Å². The van der Waals surface area contributed by atoms with Crippen molar-refractivity contribution in [2.75, 3.05) is 5.32 Å². The van der Waals surface area contributed by atoms with Crippen LogP contribution in [0.25, 0.3) is 0 Å². The lowest BCUT2D eigenvalue weighted by molar-refractivity contribution is -0.671. The number of benzene rings is 1. The van der Waals surface area contributed by atoms with Gasteiger partial charge in [0.15, 0.2) is 6.54 Å². The van der Waals surface area contributed by atoms with Crippen LogP contribution >= 0.6 is 0 Å². The largest absolute Gasteiger partial charge is 0.320 e. The number of imidazole rings is 1. The van der Waals surface area contributed by atoms with Gasteiger partial charge in [0.2, 0.25) is 6.33 Å². The van der Waals surface area contributed by atoms with Crippen molar-refractivity contribution in [1.82, 2.24) is 4.57 Å². The van der Waals surface area contributed by atoms with E-state index in [0.29, 0.717) is 0 Å². The van der Waals surface area contributed by atoms with Gasteiger partial charge in [-0.3, -0.25) is 4.79 Å². The fraction of sp³-hybridized carbons (Fsp3) is 0.167. The molecule has 2 aromatic rings. The van der Waals surface area contributed by atoms with Gasteiger partial charge in [0, 0.05) is 0 Å². The van der Waals surface area contributed by atoms with Crippen molar-refractivity contribution in [3.63, 3.8) is 0 Å². The van der Waals surface area contributed by atoms with Crippen molar-refractivity contribution < 1.29 is 13.8 Å². The molecule has 0 unspecified atom stereocenters. The summed E-state index contributed by atoms with van der Waals surface area (Å²) in [5, 5.41) is 2.52. The fourth-order valence-corrected chi connectivity index (χ4v) is 1.51. The Morgan fingerprint density at radius 3 is 2.88 bits per heavy atom. The number of carbonyl (C=O) groups is 1. The van der Waals surface area contributed by atoms with Gasteiger partial charge in [0.05, 0.1) is 12.7 Å². The van der Waals surface area contributed by atoms with E-state index in [4.69, 9.17) is 0 Å². The van der Waals surface area contributed by atoms with Crippen molar-refractivity contribution in [3.05, 3.63) is 48.8 Å². The first-order chi connectivity index (χ1) is 8.15. The highest BCUT2D eigenvalue weighted by Gasteiger charge is 2.10. The first-order valence-corrected chi connectivity index (χ1v) is 5.20. The summed E-state index contributed by atoms with van der Waals surface area (Å²) in [6.07, 6.45) is 5.39. The highest BCUT2D eigenvalue weighted by atomic mass is 19.1. The fourth-order valence-electron chi connectivity index (χ4n) is 1.51.